The molecule has 1 fully saturated rings. The maximum atomic E-state index is 6.06. The van der Waals surface area contributed by atoms with Crippen molar-refractivity contribution in [1.29, 1.82) is 0 Å². The number of aryl methyl sites for hydroxylation is 1. The summed E-state index contributed by atoms with van der Waals surface area (Å²) in [4.78, 5) is 6.57. The van der Waals surface area contributed by atoms with Crippen molar-refractivity contribution in [1.82, 2.24) is 0 Å². The second kappa shape index (κ2) is 5.21. The van der Waals surface area contributed by atoms with Gasteiger partial charge in [-0.3, -0.25) is 0 Å². The number of hydrogen-bond donors (Lipinski definition) is 1. The number of benzene rings is 1. The molecule has 0 saturated heterocycles. The molecular weight excluding hydrogens is 210 g/mol. The topological polar surface area (TPSA) is 41.6 Å². The second-order valence-electron chi connectivity index (χ2n) is 4.82. The SMILES string of the molecule is Cc1cccc(N(C)C(N)=NC2CCCC2)c1. The van der Waals surface area contributed by atoms with Crippen LogP contribution in [0.15, 0.2) is 29.3 Å². The first-order chi connectivity index (χ1) is 8.16. The van der Waals surface area contributed by atoms with Crippen LogP contribution < -0.4 is 10.6 Å². The van der Waals surface area contributed by atoms with Crippen LogP contribution in [0.1, 0.15) is 31.2 Å². The quantitative estimate of drug-likeness (QED) is 0.628. The fourth-order valence-electron chi connectivity index (χ4n) is 2.28. The van der Waals surface area contributed by atoms with Crippen molar-refractivity contribution in [3.8, 4) is 0 Å². The zero-order valence-corrected chi connectivity index (χ0v) is 10.7. The minimum Gasteiger partial charge on any atom is -0.370 e. The van der Waals surface area contributed by atoms with Crippen molar-refractivity contribution >= 4 is 11.6 Å². The van der Waals surface area contributed by atoms with Gasteiger partial charge in [-0.1, -0.05) is 25.0 Å². The lowest BCUT2D eigenvalue weighted by molar-refractivity contribution is 0.703. The van der Waals surface area contributed by atoms with Gasteiger partial charge in [0.2, 0.25) is 0 Å². The number of rotatable bonds is 2. The molecule has 1 aromatic carbocycles. The molecule has 0 amide bonds. The van der Waals surface area contributed by atoms with Crippen LogP contribution in [0.25, 0.3) is 0 Å². The van der Waals surface area contributed by atoms with Crippen LogP contribution in [0.4, 0.5) is 5.69 Å². The van der Waals surface area contributed by atoms with Gasteiger partial charge in [0.25, 0.3) is 0 Å². The molecule has 0 aromatic heterocycles. The summed E-state index contributed by atoms with van der Waals surface area (Å²) in [6.07, 6.45) is 4.94. The number of aliphatic imine (C=N–C) groups is 1. The number of nitrogens with zero attached hydrogens (tertiary/aromatic N) is 2. The molecular formula is C14H21N3. The van der Waals surface area contributed by atoms with Crippen molar-refractivity contribution in [2.75, 3.05) is 11.9 Å². The van der Waals surface area contributed by atoms with E-state index in [1.165, 1.54) is 31.2 Å². The fourth-order valence-corrected chi connectivity index (χ4v) is 2.28. The average molecular weight is 231 g/mol. The first-order valence-electron chi connectivity index (χ1n) is 6.30. The Bertz CT molecular complexity index is 406. The Labute approximate surface area is 103 Å². The molecule has 1 aliphatic rings. The molecule has 0 heterocycles. The Hall–Kier alpha value is -1.51. The monoisotopic (exact) mass is 231 g/mol. The van der Waals surface area contributed by atoms with Gasteiger partial charge in [-0.05, 0) is 37.5 Å². The standard InChI is InChI=1S/C14H21N3/c1-11-6-5-9-13(10-11)17(2)14(15)16-12-7-3-4-8-12/h5-6,9-10,12H,3-4,7-8H2,1-2H3,(H2,15,16). The average Bonchev–Trinajstić information content (AvgIpc) is 2.80. The summed E-state index contributed by atoms with van der Waals surface area (Å²) in [7, 11) is 1.97. The van der Waals surface area contributed by atoms with Gasteiger partial charge in [0.05, 0.1) is 6.04 Å². The predicted molar refractivity (Wildman–Crippen MR) is 73.5 cm³/mol. The van der Waals surface area contributed by atoms with Crippen LogP contribution in [-0.4, -0.2) is 19.0 Å². The van der Waals surface area contributed by atoms with Crippen LogP contribution >= 0.6 is 0 Å². The summed E-state index contributed by atoms with van der Waals surface area (Å²) in [5, 5.41) is 0. The molecule has 0 unspecified atom stereocenters. The molecule has 0 bridgehead atoms. The summed E-state index contributed by atoms with van der Waals surface area (Å²) in [5.41, 5.74) is 8.40. The first kappa shape index (κ1) is 12.0. The lowest BCUT2D eigenvalue weighted by Gasteiger charge is -2.19. The Morgan fingerprint density at radius 3 is 2.71 bits per heavy atom. The normalized spacial score (nSPS) is 17.4. The van der Waals surface area contributed by atoms with Gasteiger partial charge in [-0.15, -0.1) is 0 Å². The molecule has 0 aliphatic heterocycles. The predicted octanol–water partition coefficient (Wildman–Crippen LogP) is 2.69. The van der Waals surface area contributed by atoms with E-state index < -0.39 is 0 Å². The highest BCUT2D eigenvalue weighted by Gasteiger charge is 2.15. The third-order valence-corrected chi connectivity index (χ3v) is 3.37. The lowest BCUT2D eigenvalue weighted by atomic mass is 10.2. The minimum absolute atomic E-state index is 0.433. The van der Waals surface area contributed by atoms with Crippen LogP contribution in [0.5, 0.6) is 0 Å². The number of hydrogen-bond acceptors (Lipinski definition) is 1. The first-order valence-corrected chi connectivity index (χ1v) is 6.30. The van der Waals surface area contributed by atoms with Crippen LogP contribution in [-0.2, 0) is 0 Å². The third kappa shape index (κ3) is 2.99. The Kier molecular flexibility index (Phi) is 3.67. The molecule has 92 valence electrons. The largest absolute Gasteiger partial charge is 0.370 e. The van der Waals surface area contributed by atoms with E-state index in [0.29, 0.717) is 12.0 Å². The van der Waals surface area contributed by atoms with Gasteiger partial charge in [0.15, 0.2) is 5.96 Å². The number of nitrogens with two attached hydrogens (primary N) is 1. The van der Waals surface area contributed by atoms with Gasteiger partial charge in [-0.25, -0.2) is 4.99 Å². The van der Waals surface area contributed by atoms with E-state index in [-0.39, 0.29) is 0 Å². The van der Waals surface area contributed by atoms with Crippen LogP contribution in [0.2, 0.25) is 0 Å². The number of guanidine groups is 1. The molecule has 2 rings (SSSR count). The maximum Gasteiger partial charge on any atom is 0.195 e. The van der Waals surface area contributed by atoms with Gasteiger partial charge in [0.1, 0.15) is 0 Å². The summed E-state index contributed by atoms with van der Waals surface area (Å²) < 4.78 is 0. The molecule has 1 saturated carbocycles. The molecule has 1 aromatic rings. The van der Waals surface area contributed by atoms with Gasteiger partial charge in [-0.2, -0.15) is 0 Å². The molecule has 2 N–H and O–H groups in total. The van der Waals surface area contributed by atoms with Gasteiger partial charge < -0.3 is 10.6 Å². The van der Waals surface area contributed by atoms with Crippen LogP contribution in [0, 0.1) is 6.92 Å². The summed E-state index contributed by atoms with van der Waals surface area (Å²) in [6, 6.07) is 8.74. The third-order valence-electron chi connectivity index (χ3n) is 3.37. The van der Waals surface area contributed by atoms with E-state index in [2.05, 4.69) is 30.1 Å². The van der Waals surface area contributed by atoms with Crippen molar-refractivity contribution in [3.05, 3.63) is 29.8 Å². The maximum absolute atomic E-state index is 6.06. The summed E-state index contributed by atoms with van der Waals surface area (Å²) in [5.74, 6) is 0.627. The van der Waals surface area contributed by atoms with E-state index in [1.807, 2.05) is 18.0 Å². The zero-order chi connectivity index (χ0) is 12.3. The van der Waals surface area contributed by atoms with E-state index >= 15 is 0 Å². The minimum atomic E-state index is 0.433. The number of anilines is 1. The van der Waals surface area contributed by atoms with Crippen molar-refractivity contribution in [2.45, 2.75) is 38.6 Å². The molecule has 0 spiro atoms. The molecule has 1 aliphatic carbocycles. The van der Waals surface area contributed by atoms with Crippen molar-refractivity contribution in [2.24, 2.45) is 10.7 Å². The smallest absolute Gasteiger partial charge is 0.195 e. The highest BCUT2D eigenvalue weighted by molar-refractivity contribution is 5.94. The van der Waals surface area contributed by atoms with Crippen molar-refractivity contribution in [3.63, 3.8) is 0 Å². The fraction of sp³-hybridized carbons (Fsp3) is 0.500. The lowest BCUT2D eigenvalue weighted by Crippen LogP contribution is -2.35. The molecule has 0 atom stereocenters. The van der Waals surface area contributed by atoms with E-state index in [0.717, 1.165) is 5.69 Å². The van der Waals surface area contributed by atoms with E-state index in [1.54, 1.807) is 0 Å². The summed E-state index contributed by atoms with van der Waals surface area (Å²) in [6.45, 7) is 2.08. The van der Waals surface area contributed by atoms with E-state index in [9.17, 15) is 0 Å². The molecule has 3 nitrogen and oxygen atoms in total. The Morgan fingerprint density at radius 2 is 2.06 bits per heavy atom. The van der Waals surface area contributed by atoms with Gasteiger partial charge >= 0.3 is 0 Å². The highest BCUT2D eigenvalue weighted by atomic mass is 15.2. The molecule has 17 heavy (non-hydrogen) atoms. The van der Waals surface area contributed by atoms with Crippen LogP contribution in [0.3, 0.4) is 0 Å². The zero-order valence-electron chi connectivity index (χ0n) is 10.7. The Morgan fingerprint density at radius 1 is 1.35 bits per heavy atom. The molecule has 3 heteroatoms. The molecule has 0 radical (unpaired) electrons. The van der Waals surface area contributed by atoms with E-state index in [4.69, 9.17) is 5.73 Å². The highest BCUT2D eigenvalue weighted by Crippen LogP contribution is 2.21. The Balaban J connectivity index is 2.10. The van der Waals surface area contributed by atoms with Crippen molar-refractivity contribution < 1.29 is 0 Å². The second-order valence-corrected chi connectivity index (χ2v) is 4.82. The van der Waals surface area contributed by atoms with Gasteiger partial charge in [0, 0.05) is 12.7 Å². The summed E-state index contributed by atoms with van der Waals surface area (Å²) >= 11 is 0.